The first kappa shape index (κ1) is 12.5. The number of amides is 1. The van der Waals surface area contributed by atoms with Crippen LogP contribution >= 0.6 is 11.6 Å². The lowest BCUT2D eigenvalue weighted by molar-refractivity contribution is -0.114. The Labute approximate surface area is 98.5 Å². The van der Waals surface area contributed by atoms with E-state index in [1.807, 2.05) is 0 Å². The zero-order chi connectivity index (χ0) is 12.1. The summed E-state index contributed by atoms with van der Waals surface area (Å²) in [4.78, 5) is 22.3. The fraction of sp³-hybridized carbons (Fsp3) is 0.273. The number of ketones is 1. The first-order valence-corrected chi connectivity index (χ1v) is 5.16. The molecule has 5 heteroatoms. The van der Waals surface area contributed by atoms with Gasteiger partial charge in [-0.15, -0.1) is 11.6 Å². The monoisotopic (exact) mass is 241 g/mol. The van der Waals surface area contributed by atoms with E-state index in [2.05, 4.69) is 5.32 Å². The Morgan fingerprint density at radius 1 is 1.44 bits per heavy atom. The van der Waals surface area contributed by atoms with Gasteiger partial charge in [0.1, 0.15) is 5.75 Å². The number of hydrogen-bond acceptors (Lipinski definition) is 3. The number of alkyl halides is 1. The van der Waals surface area contributed by atoms with E-state index >= 15 is 0 Å². The van der Waals surface area contributed by atoms with Gasteiger partial charge in [0.25, 0.3) is 0 Å². The van der Waals surface area contributed by atoms with E-state index in [0.29, 0.717) is 17.0 Å². The lowest BCUT2D eigenvalue weighted by atomic mass is 10.1. The molecule has 0 fully saturated rings. The molecule has 1 amide bonds. The fourth-order valence-electron chi connectivity index (χ4n) is 1.27. The normalized spacial score (nSPS) is 9.69. The van der Waals surface area contributed by atoms with Crippen LogP contribution in [0, 0.1) is 0 Å². The summed E-state index contributed by atoms with van der Waals surface area (Å²) in [6.07, 6.45) is 0. The number of halogens is 1. The van der Waals surface area contributed by atoms with Crippen LogP contribution in [0.2, 0.25) is 0 Å². The van der Waals surface area contributed by atoms with Gasteiger partial charge in [0, 0.05) is 18.7 Å². The van der Waals surface area contributed by atoms with E-state index in [1.54, 1.807) is 18.2 Å². The summed E-state index contributed by atoms with van der Waals surface area (Å²) in [5.74, 6) is -0.0983. The lowest BCUT2D eigenvalue weighted by Gasteiger charge is -2.09. The van der Waals surface area contributed by atoms with Crippen molar-refractivity contribution in [1.82, 2.24) is 0 Å². The van der Waals surface area contributed by atoms with Crippen molar-refractivity contribution in [3.05, 3.63) is 23.8 Å². The largest absolute Gasteiger partial charge is 0.496 e. The van der Waals surface area contributed by atoms with Crippen LogP contribution in [0.1, 0.15) is 17.3 Å². The Hall–Kier alpha value is -1.55. The van der Waals surface area contributed by atoms with Crippen LogP contribution in [-0.4, -0.2) is 24.7 Å². The Morgan fingerprint density at radius 3 is 2.62 bits per heavy atom. The van der Waals surface area contributed by atoms with Gasteiger partial charge in [0.05, 0.1) is 18.6 Å². The molecule has 0 aliphatic rings. The molecule has 0 spiro atoms. The fourth-order valence-corrected chi connectivity index (χ4v) is 1.42. The Bertz CT molecular complexity index is 418. The predicted octanol–water partition coefficient (Wildman–Crippen LogP) is 2.08. The van der Waals surface area contributed by atoms with Gasteiger partial charge in [0.2, 0.25) is 5.91 Å². The quantitative estimate of drug-likeness (QED) is 0.649. The number of methoxy groups -OCH3 is 1. The number of Topliss-reactive ketones (excluding diaryl/α,β-unsaturated/α-hetero) is 1. The van der Waals surface area contributed by atoms with Gasteiger partial charge < -0.3 is 10.1 Å². The smallest absolute Gasteiger partial charge is 0.221 e. The second kappa shape index (κ2) is 5.51. The maximum Gasteiger partial charge on any atom is 0.221 e. The molecule has 0 unspecified atom stereocenters. The molecule has 0 saturated carbocycles. The molecule has 0 aromatic heterocycles. The van der Waals surface area contributed by atoms with Crippen LogP contribution in [0.3, 0.4) is 0 Å². The standard InChI is InChI=1S/C11H12ClNO3/c1-7(14)13-8-3-4-9(10(15)6-12)11(5-8)16-2/h3-5H,6H2,1-2H3,(H,13,14). The van der Waals surface area contributed by atoms with Gasteiger partial charge in [0.15, 0.2) is 5.78 Å². The van der Waals surface area contributed by atoms with Crippen LogP contribution in [0.4, 0.5) is 5.69 Å². The first-order valence-electron chi connectivity index (χ1n) is 4.63. The van der Waals surface area contributed by atoms with Crippen molar-refractivity contribution in [2.45, 2.75) is 6.92 Å². The van der Waals surface area contributed by atoms with Gasteiger partial charge >= 0.3 is 0 Å². The molecular weight excluding hydrogens is 230 g/mol. The molecule has 0 heterocycles. The SMILES string of the molecule is COc1cc(NC(C)=O)ccc1C(=O)CCl. The van der Waals surface area contributed by atoms with Crippen molar-refractivity contribution in [2.75, 3.05) is 18.3 Å². The number of benzene rings is 1. The molecule has 0 saturated heterocycles. The van der Waals surface area contributed by atoms with E-state index < -0.39 is 0 Å². The minimum absolute atomic E-state index is 0.101. The number of ether oxygens (including phenoxy) is 1. The summed E-state index contributed by atoms with van der Waals surface area (Å²) in [7, 11) is 1.46. The van der Waals surface area contributed by atoms with Gasteiger partial charge in [-0.05, 0) is 12.1 Å². The molecule has 0 aliphatic heterocycles. The Balaban J connectivity index is 3.06. The van der Waals surface area contributed by atoms with E-state index in [1.165, 1.54) is 14.0 Å². The number of hydrogen-bond donors (Lipinski definition) is 1. The highest BCUT2D eigenvalue weighted by molar-refractivity contribution is 6.30. The molecule has 16 heavy (non-hydrogen) atoms. The number of nitrogens with one attached hydrogen (secondary N) is 1. The lowest BCUT2D eigenvalue weighted by Crippen LogP contribution is -2.08. The van der Waals surface area contributed by atoms with Gasteiger partial charge in [-0.25, -0.2) is 0 Å². The summed E-state index contributed by atoms with van der Waals surface area (Å²) in [5.41, 5.74) is 0.988. The average Bonchev–Trinajstić information content (AvgIpc) is 2.27. The Kier molecular flexibility index (Phi) is 4.31. The molecule has 0 radical (unpaired) electrons. The molecule has 86 valence electrons. The van der Waals surface area contributed by atoms with Crippen LogP contribution in [-0.2, 0) is 4.79 Å². The minimum Gasteiger partial charge on any atom is -0.496 e. The van der Waals surface area contributed by atoms with E-state index in [4.69, 9.17) is 16.3 Å². The molecule has 0 bridgehead atoms. The van der Waals surface area contributed by atoms with Crippen molar-refractivity contribution < 1.29 is 14.3 Å². The molecule has 1 aromatic rings. The maximum atomic E-state index is 11.4. The van der Waals surface area contributed by atoms with Crippen molar-refractivity contribution >= 4 is 29.0 Å². The summed E-state index contributed by atoms with van der Waals surface area (Å²) < 4.78 is 5.06. The number of carbonyl (C=O) groups is 2. The van der Waals surface area contributed by atoms with Crippen LogP contribution in [0.15, 0.2) is 18.2 Å². The Morgan fingerprint density at radius 2 is 2.12 bits per heavy atom. The van der Waals surface area contributed by atoms with Gasteiger partial charge in [-0.2, -0.15) is 0 Å². The highest BCUT2D eigenvalue weighted by Crippen LogP contribution is 2.23. The molecular formula is C11H12ClNO3. The van der Waals surface area contributed by atoms with E-state index in [9.17, 15) is 9.59 Å². The van der Waals surface area contributed by atoms with Crippen molar-refractivity contribution in [1.29, 1.82) is 0 Å². The molecule has 1 N–H and O–H groups in total. The van der Waals surface area contributed by atoms with Crippen LogP contribution < -0.4 is 10.1 Å². The van der Waals surface area contributed by atoms with Gasteiger partial charge in [-0.1, -0.05) is 0 Å². The maximum absolute atomic E-state index is 11.4. The summed E-state index contributed by atoms with van der Waals surface area (Å²) in [6, 6.07) is 4.79. The molecule has 1 aromatic carbocycles. The van der Waals surface area contributed by atoms with Crippen LogP contribution in [0.25, 0.3) is 0 Å². The van der Waals surface area contributed by atoms with Gasteiger partial charge in [-0.3, -0.25) is 9.59 Å². The molecule has 1 rings (SSSR count). The second-order valence-corrected chi connectivity index (χ2v) is 3.42. The van der Waals surface area contributed by atoms with Crippen molar-refractivity contribution in [2.24, 2.45) is 0 Å². The molecule has 0 atom stereocenters. The second-order valence-electron chi connectivity index (χ2n) is 3.15. The highest BCUT2D eigenvalue weighted by Gasteiger charge is 2.11. The predicted molar refractivity (Wildman–Crippen MR) is 62.3 cm³/mol. The van der Waals surface area contributed by atoms with Crippen molar-refractivity contribution in [3.8, 4) is 5.75 Å². The van der Waals surface area contributed by atoms with Crippen LogP contribution in [0.5, 0.6) is 5.75 Å². The van der Waals surface area contributed by atoms with E-state index in [-0.39, 0.29) is 17.6 Å². The molecule has 4 nitrogen and oxygen atoms in total. The third-order valence-corrected chi connectivity index (χ3v) is 2.19. The summed E-state index contributed by atoms with van der Waals surface area (Å²) in [6.45, 7) is 1.41. The van der Waals surface area contributed by atoms with E-state index in [0.717, 1.165) is 0 Å². The average molecular weight is 242 g/mol. The number of carbonyl (C=O) groups excluding carboxylic acids is 2. The first-order chi connectivity index (χ1) is 7.58. The third kappa shape index (κ3) is 2.97. The minimum atomic E-state index is -0.215. The zero-order valence-corrected chi connectivity index (χ0v) is 9.80. The zero-order valence-electron chi connectivity index (χ0n) is 9.04. The van der Waals surface area contributed by atoms with Crippen molar-refractivity contribution in [3.63, 3.8) is 0 Å². The third-order valence-electron chi connectivity index (χ3n) is 1.94. The summed E-state index contributed by atoms with van der Waals surface area (Å²) in [5, 5.41) is 2.60. The number of anilines is 1. The highest BCUT2D eigenvalue weighted by atomic mass is 35.5. The number of rotatable bonds is 4. The molecule has 0 aliphatic carbocycles. The topological polar surface area (TPSA) is 55.4 Å². The summed E-state index contributed by atoms with van der Waals surface area (Å²) >= 11 is 5.46.